The van der Waals surface area contributed by atoms with E-state index in [1.54, 1.807) is 0 Å². The number of hydrogen-bond acceptors (Lipinski definition) is 4. The molecule has 5 heteroatoms. The highest BCUT2D eigenvalue weighted by molar-refractivity contribution is 7.53. The van der Waals surface area contributed by atoms with Gasteiger partial charge in [0, 0.05) is 0 Å². The maximum atomic E-state index is 12.3. The van der Waals surface area contributed by atoms with E-state index in [9.17, 15) is 4.57 Å². The molecule has 0 saturated heterocycles. The van der Waals surface area contributed by atoms with Gasteiger partial charge in [0.2, 0.25) is 0 Å². The third kappa shape index (κ3) is 13.8. The molecule has 0 aromatic carbocycles. The zero-order valence-corrected chi connectivity index (χ0v) is 15.8. The van der Waals surface area contributed by atoms with Gasteiger partial charge in [0.05, 0.1) is 12.8 Å². The molecule has 134 valence electrons. The molecule has 4 nitrogen and oxygen atoms in total. The molecule has 0 amide bonds. The van der Waals surface area contributed by atoms with Gasteiger partial charge in [-0.15, -0.1) is 0 Å². The summed E-state index contributed by atoms with van der Waals surface area (Å²) in [7, 11) is -3.05. The van der Waals surface area contributed by atoms with Crippen LogP contribution in [0.1, 0.15) is 97.3 Å². The summed E-state index contributed by atoms with van der Waals surface area (Å²) in [6.07, 6.45) is 15.9. The molecule has 0 rings (SSSR count). The van der Waals surface area contributed by atoms with Crippen LogP contribution in [-0.4, -0.2) is 12.8 Å². The van der Waals surface area contributed by atoms with Crippen molar-refractivity contribution >= 4 is 7.60 Å². The first-order chi connectivity index (χ1) is 10.7. The Labute approximate surface area is 138 Å². The molecule has 0 aliphatic carbocycles. The van der Waals surface area contributed by atoms with Gasteiger partial charge in [-0.1, -0.05) is 84.5 Å². The molecular weight excluding hydrogens is 297 g/mol. The van der Waals surface area contributed by atoms with Crippen molar-refractivity contribution in [3.63, 3.8) is 0 Å². The zero-order chi connectivity index (χ0) is 16.5. The van der Waals surface area contributed by atoms with Crippen LogP contribution < -0.4 is 5.90 Å². The van der Waals surface area contributed by atoms with Crippen LogP contribution in [0.2, 0.25) is 0 Å². The lowest BCUT2D eigenvalue weighted by Gasteiger charge is -2.15. The van der Waals surface area contributed by atoms with E-state index in [4.69, 9.17) is 10.4 Å². The topological polar surface area (TPSA) is 61.5 Å². The van der Waals surface area contributed by atoms with E-state index in [0.29, 0.717) is 12.8 Å². The van der Waals surface area contributed by atoms with Crippen LogP contribution in [0.5, 0.6) is 0 Å². The standard InChI is InChI=1S/C17H38NO3P/c1-3-5-7-9-11-13-15-17-22(19,21-18)20-16-14-12-10-8-6-4-2/h3-18H2,1-2H3. The summed E-state index contributed by atoms with van der Waals surface area (Å²) in [4.78, 5) is 0. The summed E-state index contributed by atoms with van der Waals surface area (Å²) in [6, 6.07) is 0. The summed E-state index contributed by atoms with van der Waals surface area (Å²) >= 11 is 0. The molecule has 0 bridgehead atoms. The van der Waals surface area contributed by atoms with Crippen molar-refractivity contribution in [1.82, 2.24) is 0 Å². The molecule has 0 aromatic rings. The summed E-state index contributed by atoms with van der Waals surface area (Å²) < 4.78 is 22.4. The van der Waals surface area contributed by atoms with Gasteiger partial charge >= 0.3 is 7.60 Å². The van der Waals surface area contributed by atoms with E-state index >= 15 is 0 Å². The molecule has 1 atom stereocenters. The van der Waals surface area contributed by atoms with Crippen LogP contribution in [0.3, 0.4) is 0 Å². The monoisotopic (exact) mass is 335 g/mol. The van der Waals surface area contributed by atoms with Gasteiger partial charge in [0.1, 0.15) is 0 Å². The van der Waals surface area contributed by atoms with Crippen molar-refractivity contribution in [1.29, 1.82) is 0 Å². The van der Waals surface area contributed by atoms with Crippen molar-refractivity contribution in [2.24, 2.45) is 5.90 Å². The Morgan fingerprint density at radius 1 is 0.727 bits per heavy atom. The third-order valence-corrected chi connectivity index (χ3v) is 5.74. The van der Waals surface area contributed by atoms with E-state index in [1.165, 1.54) is 57.8 Å². The van der Waals surface area contributed by atoms with Crippen molar-refractivity contribution in [3.8, 4) is 0 Å². The van der Waals surface area contributed by atoms with Gasteiger partial charge in [-0.25, -0.2) is 10.5 Å². The van der Waals surface area contributed by atoms with Crippen LogP contribution >= 0.6 is 7.60 Å². The number of nitrogens with two attached hydrogens (primary N) is 1. The molecule has 0 radical (unpaired) electrons. The predicted molar refractivity (Wildman–Crippen MR) is 95.1 cm³/mol. The molecule has 0 aliphatic heterocycles. The van der Waals surface area contributed by atoms with Gasteiger partial charge < -0.3 is 4.52 Å². The molecule has 0 heterocycles. The third-order valence-electron chi connectivity index (χ3n) is 3.98. The Morgan fingerprint density at radius 2 is 1.18 bits per heavy atom. The molecule has 0 aromatic heterocycles. The highest BCUT2D eigenvalue weighted by atomic mass is 31.2. The Hall–Kier alpha value is 0.110. The number of unbranched alkanes of at least 4 members (excludes halogenated alkanes) is 11. The summed E-state index contributed by atoms with van der Waals surface area (Å²) in [5, 5.41) is 0. The Balaban J connectivity index is 3.57. The second-order valence-corrected chi connectivity index (χ2v) is 8.30. The lowest BCUT2D eigenvalue weighted by molar-refractivity contribution is 0.203. The average Bonchev–Trinajstić information content (AvgIpc) is 2.53. The van der Waals surface area contributed by atoms with Gasteiger partial charge in [0.15, 0.2) is 0 Å². The second kappa shape index (κ2) is 16.0. The van der Waals surface area contributed by atoms with E-state index in [1.807, 2.05) is 0 Å². The smallest absolute Gasteiger partial charge is 0.308 e. The van der Waals surface area contributed by atoms with Crippen LogP contribution in [-0.2, 0) is 13.7 Å². The summed E-state index contributed by atoms with van der Waals surface area (Å²) in [6.45, 7) is 4.93. The molecule has 2 N–H and O–H groups in total. The van der Waals surface area contributed by atoms with Crippen LogP contribution in [0.25, 0.3) is 0 Å². The zero-order valence-electron chi connectivity index (χ0n) is 14.9. The minimum atomic E-state index is -3.05. The fourth-order valence-electron chi connectivity index (χ4n) is 2.50. The molecule has 1 unspecified atom stereocenters. The van der Waals surface area contributed by atoms with E-state index < -0.39 is 7.60 Å². The fraction of sp³-hybridized carbons (Fsp3) is 1.00. The van der Waals surface area contributed by atoms with Crippen molar-refractivity contribution in [3.05, 3.63) is 0 Å². The van der Waals surface area contributed by atoms with Crippen molar-refractivity contribution in [2.75, 3.05) is 12.8 Å². The SMILES string of the molecule is CCCCCCCCCP(=O)(ON)OCCCCCCCC. The van der Waals surface area contributed by atoms with Crippen molar-refractivity contribution < 1.29 is 13.7 Å². The first-order valence-corrected chi connectivity index (χ1v) is 11.0. The van der Waals surface area contributed by atoms with Gasteiger partial charge in [0.25, 0.3) is 0 Å². The largest absolute Gasteiger partial charge is 0.346 e. The molecule has 0 spiro atoms. The Morgan fingerprint density at radius 3 is 1.68 bits per heavy atom. The van der Waals surface area contributed by atoms with E-state index in [2.05, 4.69) is 18.5 Å². The Kier molecular flexibility index (Phi) is 16.1. The summed E-state index contributed by atoms with van der Waals surface area (Å²) in [5.74, 6) is 5.18. The highest BCUT2D eigenvalue weighted by Crippen LogP contribution is 2.47. The normalized spacial score (nSPS) is 14.1. The minimum Gasteiger partial charge on any atom is -0.308 e. The van der Waals surface area contributed by atoms with E-state index in [0.717, 1.165) is 25.7 Å². The van der Waals surface area contributed by atoms with Crippen molar-refractivity contribution in [2.45, 2.75) is 97.3 Å². The quantitative estimate of drug-likeness (QED) is 0.195. The maximum absolute atomic E-state index is 12.3. The maximum Gasteiger partial charge on any atom is 0.346 e. The van der Waals surface area contributed by atoms with Crippen LogP contribution in [0, 0.1) is 0 Å². The van der Waals surface area contributed by atoms with Gasteiger partial charge in [-0.05, 0) is 12.8 Å². The fourth-order valence-corrected chi connectivity index (χ4v) is 3.81. The number of rotatable bonds is 17. The van der Waals surface area contributed by atoms with Crippen LogP contribution in [0.4, 0.5) is 0 Å². The summed E-state index contributed by atoms with van der Waals surface area (Å²) in [5.41, 5.74) is 0. The lowest BCUT2D eigenvalue weighted by atomic mass is 10.1. The highest BCUT2D eigenvalue weighted by Gasteiger charge is 2.22. The first-order valence-electron chi connectivity index (χ1n) is 9.30. The van der Waals surface area contributed by atoms with Gasteiger partial charge in [-0.2, -0.15) is 0 Å². The molecule has 0 aliphatic rings. The Bertz CT molecular complexity index is 253. The predicted octanol–water partition coefficient (Wildman–Crippen LogP) is 6.20. The molecular formula is C17H38NO3P. The lowest BCUT2D eigenvalue weighted by Crippen LogP contribution is -2.06. The number of hydrogen-bond donors (Lipinski definition) is 1. The van der Waals surface area contributed by atoms with Crippen LogP contribution in [0.15, 0.2) is 0 Å². The first kappa shape index (κ1) is 22.1. The van der Waals surface area contributed by atoms with E-state index in [-0.39, 0.29) is 0 Å². The second-order valence-electron chi connectivity index (χ2n) is 6.16. The van der Waals surface area contributed by atoms with Gasteiger partial charge in [-0.3, -0.25) is 4.57 Å². The minimum absolute atomic E-state index is 0.452. The molecule has 22 heavy (non-hydrogen) atoms. The average molecular weight is 335 g/mol. The molecule has 0 fully saturated rings. The molecule has 0 saturated carbocycles.